The molecule has 110 valence electrons. The minimum absolute atomic E-state index is 0.253. The molecule has 0 saturated carbocycles. The number of hydrogen-bond donors (Lipinski definition) is 0. The molecule has 0 saturated heterocycles. The smallest absolute Gasteiger partial charge is 0.284 e. The molecule has 0 radical (unpaired) electrons. The van der Waals surface area contributed by atoms with Crippen LogP contribution < -0.4 is 0 Å². The molecule has 0 amide bonds. The van der Waals surface area contributed by atoms with Crippen molar-refractivity contribution in [2.24, 2.45) is 0 Å². The van der Waals surface area contributed by atoms with Crippen molar-refractivity contribution in [3.8, 4) is 17.7 Å². The van der Waals surface area contributed by atoms with Gasteiger partial charge in [0, 0.05) is 5.39 Å². The molecule has 4 aromatic rings. The molecule has 0 unspecified atom stereocenters. The molecule has 0 aliphatic carbocycles. The molecule has 3 heterocycles. The fraction of sp³-hybridized carbons (Fsp3) is 0. The monoisotopic (exact) mass is 321 g/mol. The molecule has 0 aliphatic heterocycles. The summed E-state index contributed by atoms with van der Waals surface area (Å²) >= 11 is 1.16. The fourth-order valence-corrected chi connectivity index (χ4v) is 2.55. The molecule has 0 N–H and O–H groups in total. The zero-order chi connectivity index (χ0) is 15.6. The highest BCUT2D eigenvalue weighted by molar-refractivity contribution is 7.99. The summed E-state index contributed by atoms with van der Waals surface area (Å²) in [6.45, 7) is 0. The maximum absolute atomic E-state index is 8.70. The number of aromatic nitrogens is 4. The van der Waals surface area contributed by atoms with Crippen LogP contribution >= 0.6 is 11.8 Å². The Balaban J connectivity index is 1.59. The first-order valence-corrected chi connectivity index (χ1v) is 7.36. The molecule has 4 rings (SSSR count). The van der Waals surface area contributed by atoms with Gasteiger partial charge in [-0.1, -0.05) is 18.2 Å². The van der Waals surface area contributed by atoms with Crippen molar-refractivity contribution in [2.45, 2.75) is 10.2 Å². The number of hydrogen-bond acceptors (Lipinski definition) is 8. The van der Waals surface area contributed by atoms with Gasteiger partial charge in [-0.15, -0.1) is 10.2 Å². The van der Waals surface area contributed by atoms with Crippen LogP contribution in [-0.4, -0.2) is 20.2 Å². The third-order valence-corrected chi connectivity index (χ3v) is 3.74. The van der Waals surface area contributed by atoms with E-state index in [-0.39, 0.29) is 5.69 Å². The van der Waals surface area contributed by atoms with Gasteiger partial charge in [0.2, 0.25) is 0 Å². The summed E-state index contributed by atoms with van der Waals surface area (Å²) in [5, 5.41) is 18.5. The summed E-state index contributed by atoms with van der Waals surface area (Å²) < 4.78 is 11.3. The highest BCUT2D eigenvalue weighted by atomic mass is 32.2. The lowest BCUT2D eigenvalue weighted by Crippen LogP contribution is -1.86. The van der Waals surface area contributed by atoms with Gasteiger partial charge in [0.05, 0.1) is 12.4 Å². The van der Waals surface area contributed by atoms with E-state index in [2.05, 4.69) is 20.2 Å². The molecule has 7 nitrogen and oxygen atoms in total. The molecule has 0 spiro atoms. The zero-order valence-corrected chi connectivity index (χ0v) is 12.3. The molecule has 0 bridgehead atoms. The SMILES string of the molecule is N#Cc1cnc(Sc2nnc(-c3cc4ccccc4o3)o2)cn1. The van der Waals surface area contributed by atoms with Crippen molar-refractivity contribution in [1.82, 2.24) is 20.2 Å². The largest absolute Gasteiger partial charge is 0.451 e. The molecule has 0 atom stereocenters. The fourth-order valence-electron chi connectivity index (χ4n) is 1.95. The molecule has 8 heteroatoms. The van der Waals surface area contributed by atoms with Crippen LogP contribution in [0.4, 0.5) is 0 Å². The van der Waals surface area contributed by atoms with E-state index in [0.717, 1.165) is 22.7 Å². The van der Waals surface area contributed by atoms with E-state index in [1.165, 1.54) is 12.4 Å². The Labute approximate surface area is 134 Å². The quantitative estimate of drug-likeness (QED) is 0.566. The maximum atomic E-state index is 8.70. The van der Waals surface area contributed by atoms with Crippen molar-refractivity contribution in [3.63, 3.8) is 0 Å². The number of fused-ring (bicyclic) bond motifs is 1. The summed E-state index contributed by atoms with van der Waals surface area (Å²) in [6.07, 6.45) is 2.87. The zero-order valence-electron chi connectivity index (χ0n) is 11.5. The van der Waals surface area contributed by atoms with Crippen LogP contribution in [0.25, 0.3) is 22.6 Å². The van der Waals surface area contributed by atoms with E-state index in [0.29, 0.717) is 21.9 Å². The van der Waals surface area contributed by atoms with Crippen molar-refractivity contribution in [3.05, 3.63) is 48.4 Å². The summed E-state index contributed by atoms with van der Waals surface area (Å²) in [4.78, 5) is 8.02. The van der Waals surface area contributed by atoms with Crippen molar-refractivity contribution in [1.29, 1.82) is 5.26 Å². The van der Waals surface area contributed by atoms with Gasteiger partial charge in [0.1, 0.15) is 16.7 Å². The Kier molecular flexibility index (Phi) is 3.25. The van der Waals surface area contributed by atoms with Gasteiger partial charge in [0.15, 0.2) is 11.5 Å². The Morgan fingerprint density at radius 1 is 1.04 bits per heavy atom. The Hall–Kier alpha value is -3.18. The highest BCUT2D eigenvalue weighted by Gasteiger charge is 2.14. The minimum Gasteiger partial charge on any atom is -0.451 e. The van der Waals surface area contributed by atoms with Crippen molar-refractivity contribution in [2.75, 3.05) is 0 Å². The average Bonchev–Trinajstić information content (AvgIpc) is 3.21. The first-order valence-electron chi connectivity index (χ1n) is 6.54. The second-order valence-electron chi connectivity index (χ2n) is 4.48. The van der Waals surface area contributed by atoms with Gasteiger partial charge < -0.3 is 8.83 Å². The molecule has 0 aliphatic rings. The minimum atomic E-state index is 0.253. The number of nitrogens with zero attached hydrogens (tertiary/aromatic N) is 5. The van der Waals surface area contributed by atoms with Crippen LogP contribution in [0.2, 0.25) is 0 Å². The standard InChI is InChI=1S/C15H7N5O2S/c16-6-10-7-18-13(8-17-10)23-15-20-19-14(22-15)12-5-9-3-1-2-4-11(9)21-12/h1-5,7-8H. The third-order valence-electron chi connectivity index (χ3n) is 2.98. The summed E-state index contributed by atoms with van der Waals surface area (Å²) in [5.41, 5.74) is 1.01. The van der Waals surface area contributed by atoms with E-state index in [9.17, 15) is 0 Å². The van der Waals surface area contributed by atoms with Crippen LogP contribution in [0.3, 0.4) is 0 Å². The van der Waals surface area contributed by atoms with Gasteiger partial charge >= 0.3 is 0 Å². The van der Waals surface area contributed by atoms with Gasteiger partial charge in [-0.3, -0.25) is 0 Å². The predicted octanol–water partition coefficient (Wildman–Crippen LogP) is 3.30. The lowest BCUT2D eigenvalue weighted by atomic mass is 10.2. The summed E-state index contributed by atoms with van der Waals surface area (Å²) in [6, 6.07) is 11.4. The van der Waals surface area contributed by atoms with Crippen molar-refractivity contribution >= 4 is 22.7 Å². The van der Waals surface area contributed by atoms with Crippen LogP contribution in [-0.2, 0) is 0 Å². The number of furan rings is 1. The van der Waals surface area contributed by atoms with E-state index < -0.39 is 0 Å². The first-order chi connectivity index (χ1) is 11.3. The lowest BCUT2D eigenvalue weighted by Gasteiger charge is -1.93. The molecular weight excluding hydrogens is 314 g/mol. The summed E-state index contributed by atoms with van der Waals surface area (Å²) in [5.74, 6) is 0.807. The first kappa shape index (κ1) is 13.5. The predicted molar refractivity (Wildman–Crippen MR) is 80.4 cm³/mol. The van der Waals surface area contributed by atoms with Crippen LogP contribution in [0.1, 0.15) is 5.69 Å². The lowest BCUT2D eigenvalue weighted by molar-refractivity contribution is 0.451. The number of para-hydroxylation sites is 1. The topological polar surface area (TPSA) is 102 Å². The molecular formula is C15H7N5O2S. The molecule has 23 heavy (non-hydrogen) atoms. The van der Waals surface area contributed by atoms with Gasteiger partial charge in [-0.05, 0) is 23.9 Å². The average molecular weight is 321 g/mol. The number of rotatable bonds is 3. The van der Waals surface area contributed by atoms with Crippen LogP contribution in [0.5, 0.6) is 0 Å². The van der Waals surface area contributed by atoms with E-state index in [1.54, 1.807) is 0 Å². The van der Waals surface area contributed by atoms with Crippen LogP contribution in [0.15, 0.2) is 61.8 Å². The van der Waals surface area contributed by atoms with Gasteiger partial charge in [0.25, 0.3) is 11.1 Å². The van der Waals surface area contributed by atoms with Crippen LogP contribution in [0, 0.1) is 11.3 Å². The Morgan fingerprint density at radius 2 is 1.96 bits per heavy atom. The van der Waals surface area contributed by atoms with E-state index in [1.807, 2.05) is 36.4 Å². The number of benzene rings is 1. The molecule has 0 fully saturated rings. The van der Waals surface area contributed by atoms with Crippen molar-refractivity contribution < 1.29 is 8.83 Å². The maximum Gasteiger partial charge on any atom is 0.284 e. The van der Waals surface area contributed by atoms with Gasteiger partial charge in [-0.25, -0.2) is 9.97 Å². The van der Waals surface area contributed by atoms with E-state index in [4.69, 9.17) is 14.1 Å². The molecule has 3 aromatic heterocycles. The van der Waals surface area contributed by atoms with Gasteiger partial charge in [-0.2, -0.15) is 5.26 Å². The Bertz CT molecular complexity index is 983. The number of nitriles is 1. The third kappa shape index (κ3) is 2.65. The highest BCUT2D eigenvalue weighted by Crippen LogP contribution is 2.30. The Morgan fingerprint density at radius 3 is 2.74 bits per heavy atom. The normalized spacial score (nSPS) is 10.7. The second-order valence-corrected chi connectivity index (χ2v) is 5.45. The molecule has 1 aromatic carbocycles. The second kappa shape index (κ2) is 5.55. The summed E-state index contributed by atoms with van der Waals surface area (Å²) in [7, 11) is 0. The van der Waals surface area contributed by atoms with E-state index >= 15 is 0 Å².